The first-order chi connectivity index (χ1) is 10.7. The minimum Gasteiger partial charge on any atom is -0.482 e. The fourth-order valence-electron chi connectivity index (χ4n) is 2.14. The minimum absolute atomic E-state index is 0.00311. The Hall–Kier alpha value is -2.63. The van der Waals surface area contributed by atoms with Crippen molar-refractivity contribution in [1.29, 1.82) is 0 Å². The molecule has 3 rings (SSSR count). The number of carbonyl (C=O) groups is 1. The Morgan fingerprint density at radius 1 is 1.32 bits per heavy atom. The topological polar surface area (TPSA) is 64.5 Å². The van der Waals surface area contributed by atoms with Gasteiger partial charge in [-0.05, 0) is 25.1 Å². The molecule has 114 valence electrons. The van der Waals surface area contributed by atoms with Crippen molar-refractivity contribution in [3.8, 4) is 11.6 Å². The normalized spacial score (nSPS) is 14.3. The summed E-state index contributed by atoms with van der Waals surface area (Å²) < 4.78 is 11.1. The van der Waals surface area contributed by atoms with E-state index in [1.54, 1.807) is 29.4 Å². The van der Waals surface area contributed by atoms with Crippen LogP contribution in [0.2, 0.25) is 0 Å². The molecule has 0 bridgehead atoms. The number of hydrogen-bond donors (Lipinski definition) is 0. The first-order valence-corrected chi connectivity index (χ1v) is 7.11. The van der Waals surface area contributed by atoms with Gasteiger partial charge in [-0.1, -0.05) is 6.07 Å². The van der Waals surface area contributed by atoms with Gasteiger partial charge in [-0.3, -0.25) is 9.78 Å². The highest BCUT2D eigenvalue weighted by atomic mass is 16.5. The summed E-state index contributed by atoms with van der Waals surface area (Å²) in [7, 11) is 0. The highest BCUT2D eigenvalue weighted by Crippen LogP contribution is 2.17. The molecule has 6 nitrogen and oxygen atoms in total. The first kappa shape index (κ1) is 14.3. The summed E-state index contributed by atoms with van der Waals surface area (Å²) in [5.41, 5.74) is 0.912. The molecule has 2 aromatic heterocycles. The summed E-state index contributed by atoms with van der Waals surface area (Å²) in [6.07, 6.45) is 3.24. The first-order valence-electron chi connectivity index (χ1n) is 7.11. The molecule has 0 aliphatic carbocycles. The molecule has 1 aliphatic heterocycles. The third kappa shape index (κ3) is 3.52. The van der Waals surface area contributed by atoms with Crippen LogP contribution in [0.4, 0.5) is 0 Å². The lowest BCUT2D eigenvalue weighted by Crippen LogP contribution is -2.57. The summed E-state index contributed by atoms with van der Waals surface area (Å²) >= 11 is 0. The van der Waals surface area contributed by atoms with E-state index in [0.717, 1.165) is 5.69 Å². The SMILES string of the molecule is Cc1cccc(OC2CN(C(=O)COc3cccnc3)C2)n1. The van der Waals surface area contributed by atoms with E-state index >= 15 is 0 Å². The Morgan fingerprint density at radius 3 is 2.91 bits per heavy atom. The predicted octanol–water partition coefficient (Wildman–Crippen LogP) is 1.45. The molecule has 0 radical (unpaired) electrons. The molecule has 3 heterocycles. The quantitative estimate of drug-likeness (QED) is 0.836. The predicted molar refractivity (Wildman–Crippen MR) is 79.7 cm³/mol. The van der Waals surface area contributed by atoms with Crippen LogP contribution in [0, 0.1) is 6.92 Å². The van der Waals surface area contributed by atoms with Crippen LogP contribution in [0.1, 0.15) is 5.69 Å². The molecular formula is C16H17N3O3. The van der Waals surface area contributed by atoms with Crippen molar-refractivity contribution in [3.63, 3.8) is 0 Å². The minimum atomic E-state index is -0.0547. The van der Waals surface area contributed by atoms with E-state index in [1.165, 1.54) is 0 Å². The van der Waals surface area contributed by atoms with E-state index in [9.17, 15) is 4.79 Å². The molecule has 22 heavy (non-hydrogen) atoms. The molecule has 2 aromatic rings. The molecule has 0 unspecified atom stereocenters. The summed E-state index contributed by atoms with van der Waals surface area (Å²) in [6, 6.07) is 9.18. The van der Waals surface area contributed by atoms with Gasteiger partial charge in [0.1, 0.15) is 11.9 Å². The van der Waals surface area contributed by atoms with Crippen LogP contribution in [0.25, 0.3) is 0 Å². The summed E-state index contributed by atoms with van der Waals surface area (Å²) in [4.78, 5) is 21.9. The van der Waals surface area contributed by atoms with Crippen LogP contribution in [-0.2, 0) is 4.79 Å². The molecule has 1 saturated heterocycles. The fraction of sp³-hybridized carbons (Fsp3) is 0.312. The number of carbonyl (C=O) groups excluding carboxylic acids is 1. The summed E-state index contributed by atoms with van der Waals surface area (Å²) in [6.45, 7) is 3.05. The van der Waals surface area contributed by atoms with Crippen LogP contribution in [0.15, 0.2) is 42.7 Å². The molecule has 0 saturated carbocycles. The van der Waals surface area contributed by atoms with Crippen LogP contribution >= 0.6 is 0 Å². The monoisotopic (exact) mass is 299 g/mol. The standard InChI is InChI=1S/C16H17N3O3/c1-12-4-2-6-15(18-12)22-14-9-19(10-14)16(20)11-21-13-5-3-7-17-8-13/h2-8,14H,9-11H2,1H3. The largest absolute Gasteiger partial charge is 0.482 e. The Balaban J connectivity index is 1.42. The van der Waals surface area contributed by atoms with Gasteiger partial charge < -0.3 is 14.4 Å². The lowest BCUT2D eigenvalue weighted by atomic mass is 10.1. The highest BCUT2D eigenvalue weighted by Gasteiger charge is 2.32. The van der Waals surface area contributed by atoms with E-state index in [0.29, 0.717) is 24.7 Å². The Bertz CT molecular complexity index is 642. The molecule has 0 spiro atoms. The van der Waals surface area contributed by atoms with Crippen molar-refractivity contribution in [2.24, 2.45) is 0 Å². The van der Waals surface area contributed by atoms with Gasteiger partial charge in [0, 0.05) is 18.0 Å². The second-order valence-corrected chi connectivity index (χ2v) is 5.13. The number of likely N-dealkylation sites (tertiary alicyclic amines) is 1. The van der Waals surface area contributed by atoms with Crippen molar-refractivity contribution < 1.29 is 14.3 Å². The van der Waals surface area contributed by atoms with Gasteiger partial charge in [-0.25, -0.2) is 4.98 Å². The van der Waals surface area contributed by atoms with E-state index in [2.05, 4.69) is 9.97 Å². The Morgan fingerprint density at radius 2 is 2.18 bits per heavy atom. The average Bonchev–Trinajstić information content (AvgIpc) is 2.49. The second kappa shape index (κ2) is 6.43. The van der Waals surface area contributed by atoms with Gasteiger partial charge in [0.2, 0.25) is 5.88 Å². The Kier molecular flexibility index (Phi) is 4.18. The van der Waals surface area contributed by atoms with Crippen LogP contribution in [0.3, 0.4) is 0 Å². The van der Waals surface area contributed by atoms with Gasteiger partial charge in [0.25, 0.3) is 5.91 Å². The Labute approximate surface area is 128 Å². The molecule has 0 N–H and O–H groups in total. The van der Waals surface area contributed by atoms with E-state index < -0.39 is 0 Å². The van der Waals surface area contributed by atoms with Gasteiger partial charge in [-0.15, -0.1) is 0 Å². The van der Waals surface area contributed by atoms with Crippen molar-refractivity contribution in [2.75, 3.05) is 19.7 Å². The number of rotatable bonds is 5. The zero-order valence-electron chi connectivity index (χ0n) is 12.3. The third-order valence-corrected chi connectivity index (χ3v) is 3.35. The highest BCUT2D eigenvalue weighted by molar-refractivity contribution is 5.78. The van der Waals surface area contributed by atoms with Gasteiger partial charge >= 0.3 is 0 Å². The number of amides is 1. The molecule has 6 heteroatoms. The number of pyridine rings is 2. The number of aromatic nitrogens is 2. The van der Waals surface area contributed by atoms with Gasteiger partial charge in [-0.2, -0.15) is 0 Å². The van der Waals surface area contributed by atoms with Crippen LogP contribution in [-0.4, -0.2) is 46.6 Å². The molecular weight excluding hydrogens is 282 g/mol. The summed E-state index contributed by atoms with van der Waals surface area (Å²) in [5.74, 6) is 1.14. The van der Waals surface area contributed by atoms with Gasteiger partial charge in [0.15, 0.2) is 6.61 Å². The van der Waals surface area contributed by atoms with Crippen molar-refractivity contribution in [2.45, 2.75) is 13.0 Å². The zero-order chi connectivity index (χ0) is 15.4. The van der Waals surface area contributed by atoms with E-state index in [4.69, 9.17) is 9.47 Å². The lowest BCUT2D eigenvalue weighted by Gasteiger charge is -2.38. The molecule has 1 aliphatic rings. The smallest absolute Gasteiger partial charge is 0.260 e. The van der Waals surface area contributed by atoms with E-state index in [-0.39, 0.29) is 18.6 Å². The fourth-order valence-corrected chi connectivity index (χ4v) is 2.14. The summed E-state index contributed by atoms with van der Waals surface area (Å²) in [5, 5.41) is 0. The van der Waals surface area contributed by atoms with Crippen LogP contribution in [0.5, 0.6) is 11.6 Å². The maximum absolute atomic E-state index is 12.0. The molecule has 1 fully saturated rings. The van der Waals surface area contributed by atoms with Gasteiger partial charge in [0.05, 0.1) is 19.3 Å². The average molecular weight is 299 g/mol. The second-order valence-electron chi connectivity index (χ2n) is 5.13. The third-order valence-electron chi connectivity index (χ3n) is 3.35. The number of ether oxygens (including phenoxy) is 2. The number of nitrogens with zero attached hydrogens (tertiary/aromatic N) is 3. The van der Waals surface area contributed by atoms with Crippen LogP contribution < -0.4 is 9.47 Å². The molecule has 0 aromatic carbocycles. The number of aryl methyl sites for hydroxylation is 1. The maximum Gasteiger partial charge on any atom is 0.260 e. The maximum atomic E-state index is 12.0. The van der Waals surface area contributed by atoms with Crippen molar-refractivity contribution in [1.82, 2.24) is 14.9 Å². The molecule has 1 amide bonds. The zero-order valence-corrected chi connectivity index (χ0v) is 12.3. The number of hydrogen-bond acceptors (Lipinski definition) is 5. The molecule has 0 atom stereocenters. The van der Waals surface area contributed by atoms with Crippen molar-refractivity contribution >= 4 is 5.91 Å². The van der Waals surface area contributed by atoms with Crippen molar-refractivity contribution in [3.05, 3.63) is 48.4 Å². The lowest BCUT2D eigenvalue weighted by molar-refractivity contribution is -0.142. The van der Waals surface area contributed by atoms with E-state index in [1.807, 2.05) is 25.1 Å².